The van der Waals surface area contributed by atoms with Gasteiger partial charge in [0, 0.05) is 23.7 Å². The third kappa shape index (κ3) is 5.50. The van der Waals surface area contributed by atoms with E-state index in [2.05, 4.69) is 10.5 Å². The predicted molar refractivity (Wildman–Crippen MR) is 108 cm³/mol. The van der Waals surface area contributed by atoms with Crippen molar-refractivity contribution in [3.05, 3.63) is 71.7 Å². The van der Waals surface area contributed by atoms with Crippen molar-refractivity contribution < 1.29 is 13.7 Å². The van der Waals surface area contributed by atoms with E-state index in [1.165, 1.54) is 6.07 Å². The minimum Gasteiger partial charge on any atom is -0.361 e. The van der Waals surface area contributed by atoms with Crippen LogP contribution in [0, 0.1) is 12.7 Å². The van der Waals surface area contributed by atoms with Crippen LogP contribution in [0.3, 0.4) is 0 Å². The van der Waals surface area contributed by atoms with E-state index >= 15 is 0 Å². The molecular formula is C22H24FN3O2. The van der Waals surface area contributed by atoms with Gasteiger partial charge in [0.05, 0.1) is 6.54 Å². The molecule has 0 atom stereocenters. The van der Waals surface area contributed by atoms with Crippen LogP contribution in [-0.2, 0) is 11.2 Å². The van der Waals surface area contributed by atoms with E-state index in [1.54, 1.807) is 19.1 Å². The number of likely N-dealkylation sites (N-methyl/N-ethyl adjacent to an activating group) is 1. The second-order valence-electron chi connectivity index (χ2n) is 6.90. The van der Waals surface area contributed by atoms with Gasteiger partial charge >= 0.3 is 0 Å². The molecular weight excluding hydrogens is 357 g/mol. The average molecular weight is 381 g/mol. The fraction of sp³-hybridized carbons (Fsp3) is 0.273. The van der Waals surface area contributed by atoms with E-state index in [1.807, 2.05) is 48.3 Å². The molecule has 146 valence electrons. The Hall–Kier alpha value is -2.99. The fourth-order valence-electron chi connectivity index (χ4n) is 2.89. The second kappa shape index (κ2) is 9.28. The largest absolute Gasteiger partial charge is 0.361 e. The van der Waals surface area contributed by atoms with Crippen LogP contribution in [0.4, 0.5) is 10.1 Å². The minimum atomic E-state index is -0.326. The van der Waals surface area contributed by atoms with E-state index in [4.69, 9.17) is 4.52 Å². The Balaban J connectivity index is 1.42. The Kier molecular flexibility index (Phi) is 6.55. The first-order chi connectivity index (χ1) is 13.5. The van der Waals surface area contributed by atoms with Gasteiger partial charge < -0.3 is 9.84 Å². The Morgan fingerprint density at radius 2 is 1.96 bits per heavy atom. The van der Waals surface area contributed by atoms with Gasteiger partial charge in [-0.15, -0.1) is 0 Å². The standard InChI is InChI=1S/C22H24FN3O2/c1-16-10-11-18(13-20(16)23)24-22(27)15-26(2)12-6-9-19-14-21(25-28-19)17-7-4-3-5-8-17/h3-5,7-8,10-11,13-14H,6,9,12,15H2,1-2H3,(H,24,27). The topological polar surface area (TPSA) is 58.4 Å². The summed E-state index contributed by atoms with van der Waals surface area (Å²) in [6, 6.07) is 16.5. The summed E-state index contributed by atoms with van der Waals surface area (Å²) in [6.07, 6.45) is 1.58. The number of benzene rings is 2. The van der Waals surface area contributed by atoms with Gasteiger partial charge in [-0.05, 0) is 44.6 Å². The Morgan fingerprint density at radius 3 is 2.71 bits per heavy atom. The lowest BCUT2D eigenvalue weighted by Gasteiger charge is -2.16. The third-order valence-corrected chi connectivity index (χ3v) is 4.46. The van der Waals surface area contributed by atoms with Crippen LogP contribution < -0.4 is 5.32 Å². The van der Waals surface area contributed by atoms with Crippen molar-refractivity contribution in [2.75, 3.05) is 25.5 Å². The van der Waals surface area contributed by atoms with Crippen LogP contribution >= 0.6 is 0 Å². The van der Waals surface area contributed by atoms with Crippen LogP contribution in [0.25, 0.3) is 11.3 Å². The van der Waals surface area contributed by atoms with E-state index in [0.717, 1.165) is 36.4 Å². The Labute approximate surface area is 164 Å². The van der Waals surface area contributed by atoms with Gasteiger partial charge in [-0.2, -0.15) is 0 Å². The zero-order valence-electron chi connectivity index (χ0n) is 16.1. The monoisotopic (exact) mass is 381 g/mol. The number of nitrogens with one attached hydrogen (secondary N) is 1. The van der Waals surface area contributed by atoms with Crippen LogP contribution in [0.15, 0.2) is 59.1 Å². The number of aryl methyl sites for hydroxylation is 2. The van der Waals surface area contributed by atoms with Gasteiger partial charge in [0.15, 0.2) is 0 Å². The summed E-state index contributed by atoms with van der Waals surface area (Å²) in [6.45, 7) is 2.66. The lowest BCUT2D eigenvalue weighted by molar-refractivity contribution is -0.117. The summed E-state index contributed by atoms with van der Waals surface area (Å²) in [7, 11) is 1.88. The lowest BCUT2D eigenvalue weighted by atomic mass is 10.1. The first-order valence-electron chi connectivity index (χ1n) is 9.27. The number of nitrogens with zero attached hydrogens (tertiary/aromatic N) is 2. The summed E-state index contributed by atoms with van der Waals surface area (Å²) in [5.74, 6) is 0.330. The highest BCUT2D eigenvalue weighted by atomic mass is 19.1. The van der Waals surface area contributed by atoms with Crippen molar-refractivity contribution in [2.24, 2.45) is 0 Å². The smallest absolute Gasteiger partial charge is 0.238 e. The molecule has 1 N–H and O–H groups in total. The van der Waals surface area contributed by atoms with Gasteiger partial charge in [0.1, 0.15) is 17.3 Å². The number of aromatic nitrogens is 1. The molecule has 3 aromatic rings. The number of carbonyl (C=O) groups excluding carboxylic acids is 1. The highest BCUT2D eigenvalue weighted by Crippen LogP contribution is 2.19. The molecule has 0 spiro atoms. The molecule has 1 heterocycles. The maximum atomic E-state index is 13.6. The predicted octanol–water partition coefficient (Wildman–Crippen LogP) is 4.29. The molecule has 6 heteroatoms. The molecule has 0 aliphatic carbocycles. The first-order valence-corrected chi connectivity index (χ1v) is 9.27. The lowest BCUT2D eigenvalue weighted by Crippen LogP contribution is -2.31. The molecule has 1 amide bonds. The fourth-order valence-corrected chi connectivity index (χ4v) is 2.89. The van der Waals surface area contributed by atoms with Crippen LogP contribution in [0.2, 0.25) is 0 Å². The molecule has 0 fully saturated rings. The minimum absolute atomic E-state index is 0.170. The van der Waals surface area contributed by atoms with Gasteiger partial charge in [0.2, 0.25) is 5.91 Å². The molecule has 1 aromatic heterocycles. The molecule has 0 unspecified atom stereocenters. The summed E-state index contributed by atoms with van der Waals surface area (Å²) in [4.78, 5) is 14.0. The van der Waals surface area contributed by atoms with E-state index in [9.17, 15) is 9.18 Å². The van der Waals surface area contributed by atoms with Crippen LogP contribution in [0.1, 0.15) is 17.7 Å². The molecule has 5 nitrogen and oxygen atoms in total. The highest BCUT2D eigenvalue weighted by Gasteiger charge is 2.10. The number of hydrogen-bond donors (Lipinski definition) is 1. The number of amides is 1. The van der Waals surface area contributed by atoms with Gasteiger partial charge in [-0.1, -0.05) is 41.6 Å². The average Bonchev–Trinajstić information content (AvgIpc) is 3.14. The number of carbonyl (C=O) groups is 1. The van der Waals surface area contributed by atoms with Crippen molar-refractivity contribution in [1.82, 2.24) is 10.1 Å². The molecule has 0 radical (unpaired) electrons. The van der Waals surface area contributed by atoms with Gasteiger partial charge in [0.25, 0.3) is 0 Å². The number of halogens is 1. The second-order valence-corrected chi connectivity index (χ2v) is 6.90. The number of rotatable bonds is 8. The summed E-state index contributed by atoms with van der Waals surface area (Å²) < 4.78 is 19.0. The first kappa shape index (κ1) is 19.8. The van der Waals surface area contributed by atoms with Crippen molar-refractivity contribution in [2.45, 2.75) is 19.8 Å². The molecule has 3 rings (SSSR count). The molecule has 28 heavy (non-hydrogen) atoms. The third-order valence-electron chi connectivity index (χ3n) is 4.46. The number of hydrogen-bond acceptors (Lipinski definition) is 4. The molecule has 2 aromatic carbocycles. The number of anilines is 1. The highest BCUT2D eigenvalue weighted by molar-refractivity contribution is 5.92. The maximum absolute atomic E-state index is 13.6. The van der Waals surface area contributed by atoms with Crippen molar-refractivity contribution >= 4 is 11.6 Å². The van der Waals surface area contributed by atoms with Crippen molar-refractivity contribution in [1.29, 1.82) is 0 Å². The Morgan fingerprint density at radius 1 is 1.18 bits per heavy atom. The van der Waals surface area contributed by atoms with Gasteiger partial charge in [-0.3, -0.25) is 9.69 Å². The zero-order chi connectivity index (χ0) is 19.9. The quantitative estimate of drug-likeness (QED) is 0.632. The summed E-state index contributed by atoms with van der Waals surface area (Å²) >= 11 is 0. The molecule has 0 aliphatic heterocycles. The Bertz CT molecular complexity index is 925. The van der Waals surface area contributed by atoms with E-state index < -0.39 is 0 Å². The summed E-state index contributed by atoms with van der Waals surface area (Å²) in [5, 5.41) is 6.83. The molecule has 0 saturated carbocycles. The van der Waals surface area contributed by atoms with E-state index in [0.29, 0.717) is 11.3 Å². The molecule has 0 aliphatic rings. The normalized spacial score (nSPS) is 11.0. The summed E-state index contributed by atoms with van der Waals surface area (Å²) in [5.41, 5.74) is 2.88. The molecule has 0 saturated heterocycles. The van der Waals surface area contributed by atoms with Crippen molar-refractivity contribution in [3.8, 4) is 11.3 Å². The van der Waals surface area contributed by atoms with Crippen LogP contribution in [0.5, 0.6) is 0 Å². The SMILES string of the molecule is Cc1ccc(NC(=O)CN(C)CCCc2cc(-c3ccccc3)no2)cc1F. The van der Waals surface area contributed by atoms with E-state index in [-0.39, 0.29) is 18.3 Å². The zero-order valence-corrected chi connectivity index (χ0v) is 16.1. The van der Waals surface area contributed by atoms with Crippen LogP contribution in [-0.4, -0.2) is 36.1 Å². The van der Waals surface area contributed by atoms with Gasteiger partial charge in [-0.25, -0.2) is 4.39 Å². The molecule has 0 bridgehead atoms. The van der Waals surface area contributed by atoms with Crippen molar-refractivity contribution in [3.63, 3.8) is 0 Å². The maximum Gasteiger partial charge on any atom is 0.238 e.